The lowest BCUT2D eigenvalue weighted by molar-refractivity contribution is -0.134. The SMILES string of the molecule is CN(Cc1ccccc1Br)C(=O)C1CCC(N)C1.Cl. The Kier molecular flexibility index (Phi) is 6.30. The van der Waals surface area contributed by atoms with E-state index >= 15 is 0 Å². The summed E-state index contributed by atoms with van der Waals surface area (Å²) in [6.07, 6.45) is 2.73. The molecule has 0 saturated heterocycles. The highest BCUT2D eigenvalue weighted by Crippen LogP contribution is 2.26. The average molecular weight is 348 g/mol. The number of carbonyl (C=O) groups excluding carboxylic acids is 1. The van der Waals surface area contributed by atoms with E-state index in [4.69, 9.17) is 5.73 Å². The van der Waals surface area contributed by atoms with Gasteiger partial charge in [-0.2, -0.15) is 0 Å². The van der Waals surface area contributed by atoms with Gasteiger partial charge in [-0.25, -0.2) is 0 Å². The summed E-state index contributed by atoms with van der Waals surface area (Å²) in [7, 11) is 1.87. The molecule has 5 heteroatoms. The summed E-state index contributed by atoms with van der Waals surface area (Å²) in [5.41, 5.74) is 7.00. The Labute approximate surface area is 129 Å². The second-order valence-electron chi connectivity index (χ2n) is 5.06. The minimum absolute atomic E-state index is 0. The molecule has 2 unspecified atom stereocenters. The lowest BCUT2D eigenvalue weighted by atomic mass is 10.1. The Hall–Kier alpha value is -0.580. The van der Waals surface area contributed by atoms with Gasteiger partial charge >= 0.3 is 0 Å². The van der Waals surface area contributed by atoms with Crippen LogP contribution in [0.2, 0.25) is 0 Å². The number of halogens is 2. The molecule has 0 bridgehead atoms. The summed E-state index contributed by atoms with van der Waals surface area (Å²) in [5.74, 6) is 0.339. The molecule has 1 aromatic carbocycles. The third-order valence-corrected chi connectivity index (χ3v) is 4.34. The number of hydrogen-bond acceptors (Lipinski definition) is 2. The number of carbonyl (C=O) groups is 1. The lowest BCUT2D eigenvalue weighted by Crippen LogP contribution is -2.32. The zero-order valence-corrected chi connectivity index (χ0v) is 13.4. The van der Waals surface area contributed by atoms with E-state index < -0.39 is 0 Å². The van der Waals surface area contributed by atoms with Gasteiger partial charge in [0.25, 0.3) is 0 Å². The van der Waals surface area contributed by atoms with Crippen molar-refractivity contribution >= 4 is 34.2 Å². The van der Waals surface area contributed by atoms with E-state index in [1.54, 1.807) is 0 Å². The van der Waals surface area contributed by atoms with Crippen molar-refractivity contribution in [3.63, 3.8) is 0 Å². The summed E-state index contributed by atoms with van der Waals surface area (Å²) >= 11 is 3.51. The van der Waals surface area contributed by atoms with E-state index in [-0.39, 0.29) is 30.3 Å². The van der Waals surface area contributed by atoms with Gasteiger partial charge in [0.05, 0.1) is 0 Å². The molecule has 0 aliphatic heterocycles. The third kappa shape index (κ3) is 4.20. The maximum absolute atomic E-state index is 12.3. The normalized spacial score (nSPS) is 21.8. The van der Waals surface area contributed by atoms with E-state index in [0.717, 1.165) is 29.3 Å². The van der Waals surface area contributed by atoms with Crippen molar-refractivity contribution in [1.82, 2.24) is 4.90 Å². The number of nitrogens with zero attached hydrogens (tertiary/aromatic N) is 1. The van der Waals surface area contributed by atoms with Crippen molar-refractivity contribution in [3.8, 4) is 0 Å². The van der Waals surface area contributed by atoms with Crippen molar-refractivity contribution in [2.75, 3.05) is 7.05 Å². The van der Waals surface area contributed by atoms with E-state index in [1.165, 1.54) is 0 Å². The maximum atomic E-state index is 12.3. The first-order chi connectivity index (χ1) is 8.58. The van der Waals surface area contributed by atoms with Gasteiger partial charge in [0, 0.05) is 30.0 Å². The molecule has 1 fully saturated rings. The number of nitrogens with two attached hydrogens (primary N) is 1. The molecule has 106 valence electrons. The average Bonchev–Trinajstić information content (AvgIpc) is 2.78. The second-order valence-corrected chi connectivity index (χ2v) is 5.91. The van der Waals surface area contributed by atoms with Crippen LogP contribution in [0.3, 0.4) is 0 Å². The lowest BCUT2D eigenvalue weighted by Gasteiger charge is -2.21. The van der Waals surface area contributed by atoms with Crippen LogP contribution < -0.4 is 5.73 Å². The molecule has 1 amide bonds. The van der Waals surface area contributed by atoms with Crippen molar-refractivity contribution in [2.45, 2.75) is 31.8 Å². The third-order valence-electron chi connectivity index (χ3n) is 3.56. The molecule has 1 aliphatic carbocycles. The van der Waals surface area contributed by atoms with Crippen LogP contribution >= 0.6 is 28.3 Å². The molecular weight excluding hydrogens is 328 g/mol. The fourth-order valence-corrected chi connectivity index (χ4v) is 2.92. The number of hydrogen-bond donors (Lipinski definition) is 1. The Morgan fingerprint density at radius 2 is 2.11 bits per heavy atom. The fourth-order valence-electron chi connectivity index (χ4n) is 2.51. The summed E-state index contributed by atoms with van der Waals surface area (Å²) in [6, 6.07) is 8.21. The molecule has 3 nitrogen and oxygen atoms in total. The highest BCUT2D eigenvalue weighted by atomic mass is 79.9. The first kappa shape index (κ1) is 16.5. The van der Waals surface area contributed by atoms with Crippen molar-refractivity contribution < 1.29 is 4.79 Å². The topological polar surface area (TPSA) is 46.3 Å². The minimum atomic E-state index is 0. The largest absolute Gasteiger partial charge is 0.341 e. The predicted molar refractivity (Wildman–Crippen MR) is 83.2 cm³/mol. The zero-order chi connectivity index (χ0) is 13.1. The summed E-state index contributed by atoms with van der Waals surface area (Å²) in [4.78, 5) is 14.1. The Bertz CT molecular complexity index is 441. The van der Waals surface area contributed by atoms with Crippen LogP contribution in [-0.4, -0.2) is 23.9 Å². The van der Waals surface area contributed by atoms with Crippen LogP contribution in [0.4, 0.5) is 0 Å². The summed E-state index contributed by atoms with van der Waals surface area (Å²) in [5, 5.41) is 0. The van der Waals surface area contributed by atoms with Crippen LogP contribution in [0.5, 0.6) is 0 Å². The van der Waals surface area contributed by atoms with E-state index in [9.17, 15) is 4.79 Å². The summed E-state index contributed by atoms with van der Waals surface area (Å²) < 4.78 is 1.05. The number of rotatable bonds is 3. The quantitative estimate of drug-likeness (QED) is 0.914. The molecule has 2 N–H and O–H groups in total. The predicted octanol–water partition coefficient (Wildman–Crippen LogP) is 2.96. The first-order valence-electron chi connectivity index (χ1n) is 6.32. The standard InChI is InChI=1S/C14H19BrN2O.ClH/c1-17(9-11-4-2-3-5-13(11)15)14(18)10-6-7-12(16)8-10;/h2-5,10,12H,6-9,16H2,1H3;1H. The molecule has 1 saturated carbocycles. The highest BCUT2D eigenvalue weighted by Gasteiger charge is 2.29. The Morgan fingerprint density at radius 3 is 2.68 bits per heavy atom. The first-order valence-corrected chi connectivity index (χ1v) is 7.11. The minimum Gasteiger partial charge on any atom is -0.341 e. The van der Waals surface area contributed by atoms with Crippen molar-refractivity contribution in [1.29, 1.82) is 0 Å². The van der Waals surface area contributed by atoms with Gasteiger partial charge < -0.3 is 10.6 Å². The van der Waals surface area contributed by atoms with Gasteiger partial charge in [0.2, 0.25) is 5.91 Å². The Morgan fingerprint density at radius 1 is 1.42 bits per heavy atom. The molecule has 0 spiro atoms. The molecule has 19 heavy (non-hydrogen) atoms. The van der Waals surface area contributed by atoms with Gasteiger partial charge in [0.15, 0.2) is 0 Å². The van der Waals surface area contributed by atoms with Gasteiger partial charge in [-0.1, -0.05) is 34.1 Å². The molecule has 0 radical (unpaired) electrons. The molecule has 1 aromatic rings. The van der Waals surface area contributed by atoms with Crippen molar-refractivity contribution in [3.05, 3.63) is 34.3 Å². The molecule has 2 rings (SSSR count). The maximum Gasteiger partial charge on any atom is 0.225 e. The smallest absolute Gasteiger partial charge is 0.225 e. The van der Waals surface area contributed by atoms with Gasteiger partial charge in [-0.05, 0) is 30.9 Å². The van der Waals surface area contributed by atoms with E-state index in [1.807, 2.05) is 36.2 Å². The molecule has 0 heterocycles. The summed E-state index contributed by atoms with van der Waals surface area (Å²) in [6.45, 7) is 0.645. The van der Waals surface area contributed by atoms with Gasteiger partial charge in [0.1, 0.15) is 0 Å². The molecular formula is C14H20BrClN2O. The highest BCUT2D eigenvalue weighted by molar-refractivity contribution is 9.10. The zero-order valence-electron chi connectivity index (χ0n) is 11.0. The van der Waals surface area contributed by atoms with Crippen LogP contribution in [-0.2, 0) is 11.3 Å². The number of benzene rings is 1. The second kappa shape index (κ2) is 7.27. The van der Waals surface area contributed by atoms with Crippen LogP contribution in [0.15, 0.2) is 28.7 Å². The number of amides is 1. The van der Waals surface area contributed by atoms with E-state index in [2.05, 4.69) is 15.9 Å². The van der Waals surface area contributed by atoms with Gasteiger partial charge in [-0.15, -0.1) is 12.4 Å². The molecule has 0 aromatic heterocycles. The molecule has 2 atom stereocenters. The fraction of sp³-hybridized carbons (Fsp3) is 0.500. The monoisotopic (exact) mass is 346 g/mol. The van der Waals surface area contributed by atoms with Crippen molar-refractivity contribution in [2.24, 2.45) is 11.7 Å². The Balaban J connectivity index is 0.00000180. The van der Waals surface area contributed by atoms with Crippen LogP contribution in [0, 0.1) is 5.92 Å². The molecule has 1 aliphatic rings. The van der Waals surface area contributed by atoms with Gasteiger partial charge in [-0.3, -0.25) is 4.79 Å². The van der Waals surface area contributed by atoms with Crippen LogP contribution in [0.1, 0.15) is 24.8 Å². The van der Waals surface area contributed by atoms with Crippen LogP contribution in [0.25, 0.3) is 0 Å². The van der Waals surface area contributed by atoms with E-state index in [0.29, 0.717) is 6.54 Å².